The minimum atomic E-state index is 0.444. The van der Waals surface area contributed by atoms with E-state index in [9.17, 15) is 0 Å². The number of imidazole rings is 1. The summed E-state index contributed by atoms with van der Waals surface area (Å²) in [4.78, 5) is 4.78. The van der Waals surface area contributed by atoms with Crippen LogP contribution in [0.25, 0.3) is 11.0 Å². The summed E-state index contributed by atoms with van der Waals surface area (Å²) in [6.07, 6.45) is 5.71. The van der Waals surface area contributed by atoms with Crippen molar-refractivity contribution < 1.29 is 0 Å². The third-order valence-electron chi connectivity index (χ3n) is 3.99. The molecule has 0 saturated heterocycles. The topological polar surface area (TPSA) is 17.8 Å². The smallest absolute Gasteiger partial charge is 0.111 e. The minimum absolute atomic E-state index is 0.444. The lowest BCUT2D eigenvalue weighted by Gasteiger charge is -2.16. The van der Waals surface area contributed by atoms with Crippen LogP contribution in [0.15, 0.2) is 18.2 Å². The second-order valence-corrected chi connectivity index (χ2v) is 7.08. The largest absolute Gasteiger partial charge is 0.327 e. The van der Waals surface area contributed by atoms with Gasteiger partial charge >= 0.3 is 0 Å². The number of benzene rings is 1. The molecule has 0 spiro atoms. The van der Waals surface area contributed by atoms with Crippen molar-refractivity contribution in [3.05, 3.63) is 29.6 Å². The highest BCUT2D eigenvalue weighted by molar-refractivity contribution is 8.00. The molecule has 4 heteroatoms. The minimum Gasteiger partial charge on any atom is -0.327 e. The maximum Gasteiger partial charge on any atom is 0.111 e. The molecule has 0 N–H and O–H groups in total. The molecule has 1 aliphatic carbocycles. The third-order valence-corrected chi connectivity index (χ3v) is 5.58. The monoisotopic (exact) mass is 294 g/mol. The Balaban J connectivity index is 2.06. The molecule has 1 fully saturated rings. The van der Waals surface area contributed by atoms with E-state index < -0.39 is 0 Å². The SMILES string of the molecule is CSC1(Cn2c(CCCl)nc3cc(C)ccc32)CC1. The van der Waals surface area contributed by atoms with Gasteiger partial charge in [-0.25, -0.2) is 4.98 Å². The fourth-order valence-electron chi connectivity index (χ4n) is 2.60. The van der Waals surface area contributed by atoms with Gasteiger partial charge in [-0.15, -0.1) is 11.6 Å². The Morgan fingerprint density at radius 3 is 2.84 bits per heavy atom. The molecule has 0 bridgehead atoms. The van der Waals surface area contributed by atoms with Crippen molar-refractivity contribution in [3.63, 3.8) is 0 Å². The molecule has 0 unspecified atom stereocenters. The summed E-state index contributed by atoms with van der Waals surface area (Å²) in [7, 11) is 0. The number of rotatable bonds is 5. The number of aromatic nitrogens is 2. The molecule has 19 heavy (non-hydrogen) atoms. The number of hydrogen-bond acceptors (Lipinski definition) is 2. The number of nitrogens with zero attached hydrogens (tertiary/aromatic N) is 2. The van der Waals surface area contributed by atoms with Crippen molar-refractivity contribution in [1.29, 1.82) is 0 Å². The molecule has 102 valence electrons. The predicted molar refractivity (Wildman–Crippen MR) is 84.4 cm³/mol. The van der Waals surface area contributed by atoms with E-state index in [-0.39, 0.29) is 0 Å². The van der Waals surface area contributed by atoms with Gasteiger partial charge in [-0.2, -0.15) is 11.8 Å². The summed E-state index contributed by atoms with van der Waals surface area (Å²) in [5.41, 5.74) is 3.63. The molecule has 2 nitrogen and oxygen atoms in total. The van der Waals surface area contributed by atoms with Gasteiger partial charge in [0.25, 0.3) is 0 Å². The van der Waals surface area contributed by atoms with Gasteiger partial charge in [-0.1, -0.05) is 6.07 Å². The quantitative estimate of drug-likeness (QED) is 0.775. The number of hydrogen-bond donors (Lipinski definition) is 0. The Morgan fingerprint density at radius 1 is 1.42 bits per heavy atom. The molecular formula is C15H19ClN2S. The number of halogens is 1. The summed E-state index contributed by atoms with van der Waals surface area (Å²) >= 11 is 7.92. The predicted octanol–water partition coefficient (Wildman–Crippen LogP) is 4.02. The molecule has 3 rings (SSSR count). The van der Waals surface area contributed by atoms with E-state index >= 15 is 0 Å². The van der Waals surface area contributed by atoms with E-state index in [4.69, 9.17) is 16.6 Å². The van der Waals surface area contributed by atoms with Crippen LogP contribution in [0.1, 0.15) is 24.2 Å². The van der Waals surface area contributed by atoms with Crippen molar-refractivity contribution in [3.8, 4) is 0 Å². The van der Waals surface area contributed by atoms with Gasteiger partial charge in [0.15, 0.2) is 0 Å². The first kappa shape index (κ1) is 13.3. The van der Waals surface area contributed by atoms with Crippen LogP contribution < -0.4 is 0 Å². The average molecular weight is 295 g/mol. The van der Waals surface area contributed by atoms with Gasteiger partial charge in [0.2, 0.25) is 0 Å². The van der Waals surface area contributed by atoms with E-state index in [1.54, 1.807) is 0 Å². The summed E-state index contributed by atoms with van der Waals surface area (Å²) in [5.74, 6) is 1.77. The first-order chi connectivity index (χ1) is 9.17. The fourth-order valence-corrected chi connectivity index (χ4v) is 3.53. The zero-order valence-electron chi connectivity index (χ0n) is 11.4. The zero-order valence-corrected chi connectivity index (χ0v) is 13.0. The molecule has 1 saturated carbocycles. The lowest BCUT2D eigenvalue weighted by molar-refractivity contribution is 0.645. The van der Waals surface area contributed by atoms with Crippen molar-refractivity contribution >= 4 is 34.4 Å². The van der Waals surface area contributed by atoms with E-state index in [0.29, 0.717) is 10.6 Å². The Labute approximate surface area is 123 Å². The Morgan fingerprint density at radius 2 is 2.21 bits per heavy atom. The summed E-state index contributed by atoms with van der Waals surface area (Å²) in [6.45, 7) is 3.18. The highest BCUT2D eigenvalue weighted by atomic mass is 35.5. The molecule has 0 amide bonds. The van der Waals surface area contributed by atoms with E-state index in [0.717, 1.165) is 24.3 Å². The first-order valence-corrected chi connectivity index (χ1v) is 8.50. The molecule has 0 radical (unpaired) electrons. The number of thioether (sulfide) groups is 1. The zero-order chi connectivity index (χ0) is 13.5. The van der Waals surface area contributed by atoms with Crippen LogP contribution in [0.2, 0.25) is 0 Å². The molecule has 1 heterocycles. The Bertz CT molecular complexity index is 601. The van der Waals surface area contributed by atoms with Crippen LogP contribution in [0, 0.1) is 6.92 Å². The number of fused-ring (bicyclic) bond motifs is 1. The molecule has 0 atom stereocenters. The van der Waals surface area contributed by atoms with Crippen LogP contribution >= 0.6 is 23.4 Å². The first-order valence-electron chi connectivity index (χ1n) is 6.74. The Kier molecular flexibility index (Phi) is 3.52. The highest BCUT2D eigenvalue weighted by Gasteiger charge is 2.42. The second kappa shape index (κ2) is 5.02. The van der Waals surface area contributed by atoms with Crippen molar-refractivity contribution in [2.75, 3.05) is 12.1 Å². The van der Waals surface area contributed by atoms with Gasteiger partial charge in [-0.3, -0.25) is 0 Å². The van der Waals surface area contributed by atoms with Gasteiger partial charge < -0.3 is 4.57 Å². The second-order valence-electron chi connectivity index (χ2n) is 5.43. The molecule has 1 aromatic heterocycles. The van der Waals surface area contributed by atoms with Crippen LogP contribution in [0.4, 0.5) is 0 Å². The molecule has 1 aliphatic rings. The summed E-state index contributed by atoms with van der Waals surface area (Å²) < 4.78 is 2.83. The van der Waals surface area contributed by atoms with Gasteiger partial charge in [0.05, 0.1) is 11.0 Å². The summed E-state index contributed by atoms with van der Waals surface area (Å²) in [5, 5.41) is 0. The van der Waals surface area contributed by atoms with Crippen LogP contribution in [0.3, 0.4) is 0 Å². The highest BCUT2D eigenvalue weighted by Crippen LogP contribution is 2.49. The fraction of sp³-hybridized carbons (Fsp3) is 0.533. The standard InChI is InChI=1S/C15H19ClN2S/c1-11-3-4-13-12(9-11)17-14(5-8-16)18(13)10-15(19-2)6-7-15/h3-4,9H,5-8,10H2,1-2H3. The van der Waals surface area contributed by atoms with Crippen LogP contribution in [-0.4, -0.2) is 26.4 Å². The molecular weight excluding hydrogens is 276 g/mol. The normalized spacial score (nSPS) is 17.0. The van der Waals surface area contributed by atoms with Gasteiger partial charge in [-0.05, 0) is 43.7 Å². The van der Waals surface area contributed by atoms with Gasteiger partial charge in [0.1, 0.15) is 5.82 Å². The maximum atomic E-state index is 5.93. The Hall–Kier alpha value is -0.670. The average Bonchev–Trinajstić information content (AvgIpc) is 3.10. The van der Waals surface area contributed by atoms with E-state index in [1.807, 2.05) is 11.8 Å². The van der Waals surface area contributed by atoms with Crippen molar-refractivity contribution in [2.24, 2.45) is 0 Å². The van der Waals surface area contributed by atoms with Crippen molar-refractivity contribution in [2.45, 2.75) is 37.5 Å². The van der Waals surface area contributed by atoms with E-state index in [2.05, 4.69) is 35.9 Å². The number of alkyl halides is 1. The van der Waals surface area contributed by atoms with Crippen LogP contribution in [-0.2, 0) is 13.0 Å². The molecule has 2 aromatic rings. The lowest BCUT2D eigenvalue weighted by atomic mass is 10.2. The number of aryl methyl sites for hydroxylation is 2. The van der Waals surface area contributed by atoms with E-state index in [1.165, 1.54) is 23.9 Å². The third kappa shape index (κ3) is 2.50. The lowest BCUT2D eigenvalue weighted by Crippen LogP contribution is -2.16. The van der Waals surface area contributed by atoms with Crippen molar-refractivity contribution in [1.82, 2.24) is 9.55 Å². The maximum absolute atomic E-state index is 5.93. The van der Waals surface area contributed by atoms with Crippen LogP contribution in [0.5, 0.6) is 0 Å². The molecule has 0 aliphatic heterocycles. The summed E-state index contributed by atoms with van der Waals surface area (Å²) in [6, 6.07) is 6.54. The van der Waals surface area contributed by atoms with Gasteiger partial charge in [0, 0.05) is 23.6 Å². The molecule has 1 aromatic carbocycles.